The van der Waals surface area contributed by atoms with Crippen LogP contribution in [0.3, 0.4) is 0 Å². The van der Waals surface area contributed by atoms with E-state index in [2.05, 4.69) is 31.3 Å². The van der Waals surface area contributed by atoms with E-state index in [4.69, 9.17) is 0 Å². The van der Waals surface area contributed by atoms with E-state index in [1.54, 1.807) is 6.08 Å². The zero-order valence-electron chi connectivity index (χ0n) is 34.6. The van der Waals surface area contributed by atoms with Crippen molar-refractivity contribution in [2.24, 2.45) is 0 Å². The summed E-state index contributed by atoms with van der Waals surface area (Å²) >= 11 is 0. The average Bonchev–Trinajstić information content (AvgIpc) is 3.13. The number of hydrogen-bond donors (Lipinski definition) is 3. The Hall–Kier alpha value is -1.13. The van der Waals surface area contributed by atoms with Gasteiger partial charge in [0.25, 0.3) is 0 Å². The third-order valence-corrected chi connectivity index (χ3v) is 10.7. The molecule has 302 valence electrons. The third kappa shape index (κ3) is 39.9. The molecular formula is C47H91NO3. The van der Waals surface area contributed by atoms with Gasteiger partial charge < -0.3 is 15.5 Å². The Kier molecular flexibility index (Phi) is 42.3. The molecule has 0 aromatic heterocycles. The van der Waals surface area contributed by atoms with Gasteiger partial charge in [0.2, 0.25) is 5.91 Å². The Labute approximate surface area is 319 Å². The van der Waals surface area contributed by atoms with E-state index in [0.29, 0.717) is 6.42 Å². The van der Waals surface area contributed by atoms with Crippen LogP contribution >= 0.6 is 0 Å². The second-order valence-electron chi connectivity index (χ2n) is 15.8. The Morgan fingerprint density at radius 3 is 1.08 bits per heavy atom. The lowest BCUT2D eigenvalue weighted by Gasteiger charge is -2.20. The van der Waals surface area contributed by atoms with Gasteiger partial charge in [0.15, 0.2) is 0 Å². The van der Waals surface area contributed by atoms with Gasteiger partial charge in [-0.2, -0.15) is 0 Å². The minimum atomic E-state index is -0.840. The van der Waals surface area contributed by atoms with Gasteiger partial charge >= 0.3 is 0 Å². The van der Waals surface area contributed by atoms with Crippen LogP contribution in [0.1, 0.15) is 251 Å². The SMILES string of the molecule is CCCCCCCCC/C=C\CCCCCCCC(=O)NC(CO)C(O)/C=C/CCCCCCCCCCCCCCCCCCCCCCC. The fraction of sp³-hybridized carbons (Fsp3) is 0.894. The van der Waals surface area contributed by atoms with Gasteiger partial charge in [0.1, 0.15) is 0 Å². The summed E-state index contributed by atoms with van der Waals surface area (Å²) < 4.78 is 0. The molecule has 0 bridgehead atoms. The van der Waals surface area contributed by atoms with Crippen LogP contribution in [0.4, 0.5) is 0 Å². The van der Waals surface area contributed by atoms with Crippen LogP contribution in [0.5, 0.6) is 0 Å². The number of amides is 1. The van der Waals surface area contributed by atoms with Crippen molar-refractivity contribution in [1.82, 2.24) is 5.32 Å². The highest BCUT2D eigenvalue weighted by atomic mass is 16.3. The molecule has 0 saturated carbocycles. The molecule has 0 rings (SSSR count). The van der Waals surface area contributed by atoms with E-state index in [-0.39, 0.29) is 12.5 Å². The average molecular weight is 718 g/mol. The molecule has 51 heavy (non-hydrogen) atoms. The Morgan fingerprint density at radius 1 is 0.451 bits per heavy atom. The van der Waals surface area contributed by atoms with Gasteiger partial charge in [-0.15, -0.1) is 0 Å². The molecule has 0 aliphatic carbocycles. The number of carbonyl (C=O) groups excluding carboxylic acids is 1. The van der Waals surface area contributed by atoms with Crippen molar-refractivity contribution in [3.63, 3.8) is 0 Å². The van der Waals surface area contributed by atoms with Gasteiger partial charge in [0, 0.05) is 6.42 Å². The quantitative estimate of drug-likeness (QED) is 0.0435. The van der Waals surface area contributed by atoms with E-state index in [0.717, 1.165) is 32.1 Å². The number of nitrogens with one attached hydrogen (secondary N) is 1. The Morgan fingerprint density at radius 2 is 0.745 bits per heavy atom. The lowest BCUT2D eigenvalue weighted by Crippen LogP contribution is -2.45. The Balaban J connectivity index is 3.53. The maximum absolute atomic E-state index is 12.4. The van der Waals surface area contributed by atoms with E-state index in [9.17, 15) is 15.0 Å². The summed E-state index contributed by atoms with van der Waals surface area (Å²) in [6.45, 7) is 4.32. The zero-order valence-corrected chi connectivity index (χ0v) is 34.6. The standard InChI is InChI=1S/C47H91NO3/c1-3-5-7-9-11-13-15-17-19-21-22-23-24-25-26-27-28-30-32-34-36-38-40-42-46(50)45(44-49)48-47(51)43-41-39-37-35-33-31-29-20-18-16-14-12-10-8-6-4-2/h20,29,40,42,45-46,49-50H,3-19,21-28,30-39,41,43-44H2,1-2H3,(H,48,51)/b29-20-,42-40+. The number of aliphatic hydroxyl groups is 2. The molecule has 4 nitrogen and oxygen atoms in total. The summed E-state index contributed by atoms with van der Waals surface area (Å²) in [5, 5.41) is 23.0. The third-order valence-electron chi connectivity index (χ3n) is 10.7. The number of allylic oxidation sites excluding steroid dienone is 3. The van der Waals surface area contributed by atoms with Gasteiger partial charge in [-0.3, -0.25) is 4.79 Å². The lowest BCUT2D eigenvalue weighted by molar-refractivity contribution is -0.123. The molecule has 0 fully saturated rings. The van der Waals surface area contributed by atoms with Crippen LogP contribution in [0.15, 0.2) is 24.3 Å². The monoisotopic (exact) mass is 718 g/mol. The Bertz CT molecular complexity index is 735. The minimum Gasteiger partial charge on any atom is -0.394 e. The van der Waals surface area contributed by atoms with Crippen LogP contribution < -0.4 is 5.32 Å². The molecule has 0 aliphatic heterocycles. The predicted octanol–water partition coefficient (Wildman–Crippen LogP) is 14.4. The first-order valence-electron chi connectivity index (χ1n) is 23.1. The first-order chi connectivity index (χ1) is 25.2. The van der Waals surface area contributed by atoms with Crippen molar-refractivity contribution in [3.8, 4) is 0 Å². The molecule has 0 saturated heterocycles. The summed E-state index contributed by atoms with van der Waals surface area (Å²) in [4.78, 5) is 12.4. The van der Waals surface area contributed by atoms with E-state index < -0.39 is 12.1 Å². The van der Waals surface area contributed by atoms with Crippen LogP contribution in [0, 0.1) is 0 Å². The second kappa shape index (κ2) is 43.3. The van der Waals surface area contributed by atoms with Crippen molar-refractivity contribution in [2.75, 3.05) is 6.61 Å². The normalized spacial score (nSPS) is 13.1. The first kappa shape index (κ1) is 49.9. The first-order valence-corrected chi connectivity index (χ1v) is 23.1. The fourth-order valence-corrected chi connectivity index (χ4v) is 7.11. The molecule has 0 radical (unpaired) electrons. The molecule has 0 spiro atoms. The predicted molar refractivity (Wildman–Crippen MR) is 225 cm³/mol. The van der Waals surface area contributed by atoms with Crippen LogP contribution in [-0.4, -0.2) is 34.9 Å². The molecular weight excluding hydrogens is 627 g/mol. The smallest absolute Gasteiger partial charge is 0.220 e. The van der Waals surface area contributed by atoms with Crippen LogP contribution in [0.25, 0.3) is 0 Å². The molecule has 2 unspecified atom stereocenters. The summed E-state index contributed by atoms with van der Waals surface area (Å²) in [6, 6.07) is -0.624. The van der Waals surface area contributed by atoms with Crippen molar-refractivity contribution in [1.29, 1.82) is 0 Å². The minimum absolute atomic E-state index is 0.0702. The van der Waals surface area contributed by atoms with Gasteiger partial charge in [0.05, 0.1) is 18.8 Å². The lowest BCUT2D eigenvalue weighted by atomic mass is 10.0. The molecule has 0 aromatic rings. The number of hydrogen-bond acceptors (Lipinski definition) is 3. The number of rotatable bonds is 42. The molecule has 2 atom stereocenters. The summed E-state index contributed by atoms with van der Waals surface area (Å²) in [5.74, 6) is -0.0702. The fourth-order valence-electron chi connectivity index (χ4n) is 7.11. The maximum atomic E-state index is 12.4. The molecule has 0 aliphatic rings. The van der Waals surface area contributed by atoms with E-state index in [1.807, 2.05) is 6.08 Å². The molecule has 0 aromatic carbocycles. The van der Waals surface area contributed by atoms with E-state index in [1.165, 1.54) is 199 Å². The van der Waals surface area contributed by atoms with E-state index >= 15 is 0 Å². The summed E-state index contributed by atoms with van der Waals surface area (Å²) in [7, 11) is 0. The zero-order chi connectivity index (χ0) is 37.1. The van der Waals surface area contributed by atoms with Gasteiger partial charge in [-0.1, -0.05) is 224 Å². The van der Waals surface area contributed by atoms with Gasteiger partial charge in [-0.05, 0) is 44.9 Å². The number of carbonyl (C=O) groups is 1. The van der Waals surface area contributed by atoms with Crippen LogP contribution in [0.2, 0.25) is 0 Å². The maximum Gasteiger partial charge on any atom is 0.220 e. The number of aliphatic hydroxyl groups excluding tert-OH is 2. The highest BCUT2D eigenvalue weighted by Crippen LogP contribution is 2.16. The van der Waals surface area contributed by atoms with Crippen molar-refractivity contribution in [2.45, 2.75) is 264 Å². The topological polar surface area (TPSA) is 69.6 Å². The van der Waals surface area contributed by atoms with Crippen molar-refractivity contribution < 1.29 is 15.0 Å². The molecule has 0 heterocycles. The summed E-state index contributed by atoms with van der Waals surface area (Å²) in [6.07, 6.45) is 55.8. The molecule has 4 heteroatoms. The van der Waals surface area contributed by atoms with Crippen molar-refractivity contribution >= 4 is 5.91 Å². The molecule has 3 N–H and O–H groups in total. The van der Waals surface area contributed by atoms with Gasteiger partial charge in [-0.25, -0.2) is 0 Å². The summed E-state index contributed by atoms with van der Waals surface area (Å²) in [5.41, 5.74) is 0. The molecule has 1 amide bonds. The highest BCUT2D eigenvalue weighted by Gasteiger charge is 2.17. The van der Waals surface area contributed by atoms with Crippen molar-refractivity contribution in [3.05, 3.63) is 24.3 Å². The second-order valence-corrected chi connectivity index (χ2v) is 15.8. The highest BCUT2D eigenvalue weighted by molar-refractivity contribution is 5.76. The largest absolute Gasteiger partial charge is 0.394 e. The number of unbranched alkanes of at least 4 members (excludes halogenated alkanes) is 33. The van der Waals surface area contributed by atoms with Crippen LogP contribution in [-0.2, 0) is 4.79 Å².